The van der Waals surface area contributed by atoms with Crippen LogP contribution in [0, 0.1) is 11.8 Å². The minimum Gasteiger partial charge on any atom is -0.431 e. The van der Waals surface area contributed by atoms with Gasteiger partial charge in [0.2, 0.25) is 0 Å². The molecule has 0 spiro atoms. The number of fused-ring (bicyclic) bond motifs is 1. The van der Waals surface area contributed by atoms with Gasteiger partial charge in [0.1, 0.15) is 10.6 Å². The first kappa shape index (κ1) is 21.2. The average Bonchev–Trinajstić information content (AvgIpc) is 3.30. The van der Waals surface area contributed by atoms with E-state index in [9.17, 15) is 9.59 Å². The molecule has 2 amide bonds. The Balaban J connectivity index is 1.42. The standard InChI is InChI=1S/C24H20N2O3S2/c1-15(2)30-18-12-9-17(10-13-18)29-24-25-14-19(31-24)11-8-16(3)26-22(27)20-6-4-5-7-21(20)23(26)28/h4-7,9-10,12-16H,1-3H3. The second-order valence-electron chi connectivity index (χ2n) is 7.20. The molecular formula is C24H20N2O3S2. The summed E-state index contributed by atoms with van der Waals surface area (Å²) in [5, 5.41) is 1.01. The minimum atomic E-state index is -0.551. The number of carbonyl (C=O) groups is 2. The van der Waals surface area contributed by atoms with Crippen LogP contribution in [0.1, 0.15) is 46.4 Å². The topological polar surface area (TPSA) is 59.5 Å². The molecule has 3 aromatic rings. The van der Waals surface area contributed by atoms with E-state index in [-0.39, 0.29) is 11.8 Å². The van der Waals surface area contributed by atoms with Crippen LogP contribution in [-0.2, 0) is 0 Å². The van der Waals surface area contributed by atoms with Crippen molar-refractivity contribution < 1.29 is 14.3 Å². The molecule has 0 saturated carbocycles. The second-order valence-corrected chi connectivity index (χ2v) is 9.84. The molecule has 1 unspecified atom stereocenters. The molecule has 31 heavy (non-hydrogen) atoms. The van der Waals surface area contributed by atoms with Crippen LogP contribution in [-0.4, -0.2) is 33.0 Å². The number of thiazole rings is 1. The minimum absolute atomic E-state index is 0.310. The zero-order valence-corrected chi connectivity index (χ0v) is 18.9. The molecule has 7 heteroatoms. The molecule has 0 saturated heterocycles. The number of benzene rings is 2. The molecule has 1 aliphatic rings. The Labute approximate surface area is 189 Å². The predicted molar refractivity (Wildman–Crippen MR) is 123 cm³/mol. The van der Waals surface area contributed by atoms with Crippen LogP contribution >= 0.6 is 23.1 Å². The third-order valence-electron chi connectivity index (χ3n) is 4.50. The van der Waals surface area contributed by atoms with Gasteiger partial charge < -0.3 is 4.74 Å². The van der Waals surface area contributed by atoms with Crippen molar-refractivity contribution in [1.29, 1.82) is 0 Å². The summed E-state index contributed by atoms with van der Waals surface area (Å²) in [7, 11) is 0. The zero-order valence-electron chi connectivity index (χ0n) is 17.3. The Morgan fingerprint density at radius 3 is 2.26 bits per heavy atom. The number of aromatic nitrogens is 1. The van der Waals surface area contributed by atoms with Gasteiger partial charge in [-0.25, -0.2) is 4.98 Å². The Hall–Kier alpha value is -3.08. The van der Waals surface area contributed by atoms with Gasteiger partial charge >= 0.3 is 0 Å². The van der Waals surface area contributed by atoms with Gasteiger partial charge in [0.15, 0.2) is 0 Å². The maximum absolute atomic E-state index is 12.6. The molecule has 156 valence electrons. The van der Waals surface area contributed by atoms with Gasteiger partial charge in [-0.05, 0) is 43.3 Å². The molecule has 5 nitrogen and oxygen atoms in total. The Morgan fingerprint density at radius 1 is 1.00 bits per heavy atom. The summed E-state index contributed by atoms with van der Waals surface area (Å²) >= 11 is 3.11. The lowest BCUT2D eigenvalue weighted by molar-refractivity contribution is 0.0630. The third kappa shape index (κ3) is 4.66. The van der Waals surface area contributed by atoms with E-state index in [0.29, 0.717) is 32.2 Å². The van der Waals surface area contributed by atoms with Gasteiger partial charge in [-0.15, -0.1) is 11.8 Å². The molecule has 2 aromatic carbocycles. The number of rotatable bonds is 5. The molecule has 1 aromatic heterocycles. The summed E-state index contributed by atoms with van der Waals surface area (Å²) in [6.45, 7) is 6.05. The number of nitrogens with zero attached hydrogens (tertiary/aromatic N) is 2. The Morgan fingerprint density at radius 2 is 1.65 bits per heavy atom. The quantitative estimate of drug-likeness (QED) is 0.294. The van der Waals surface area contributed by atoms with Crippen molar-refractivity contribution in [2.45, 2.75) is 37.0 Å². The van der Waals surface area contributed by atoms with Crippen molar-refractivity contribution in [1.82, 2.24) is 9.88 Å². The van der Waals surface area contributed by atoms with Gasteiger partial charge in [0, 0.05) is 10.1 Å². The molecule has 0 N–H and O–H groups in total. The highest BCUT2D eigenvalue weighted by atomic mass is 32.2. The SMILES string of the molecule is CC(C)Sc1ccc(Oc2ncc(C#CC(C)N3C(=O)c4ccccc4C3=O)s2)cc1. The normalized spacial score (nSPS) is 13.7. The lowest BCUT2D eigenvalue weighted by Gasteiger charge is -2.17. The lowest BCUT2D eigenvalue weighted by Crippen LogP contribution is -2.37. The van der Waals surface area contributed by atoms with E-state index in [2.05, 4.69) is 30.7 Å². The monoisotopic (exact) mass is 448 g/mol. The molecule has 0 bridgehead atoms. The van der Waals surface area contributed by atoms with Gasteiger partial charge in [-0.3, -0.25) is 14.5 Å². The number of thioether (sulfide) groups is 1. The van der Waals surface area contributed by atoms with Crippen molar-refractivity contribution in [3.63, 3.8) is 0 Å². The Bertz CT molecular complexity index is 1150. The lowest BCUT2D eigenvalue weighted by atomic mass is 10.1. The van der Waals surface area contributed by atoms with E-state index in [4.69, 9.17) is 4.74 Å². The van der Waals surface area contributed by atoms with E-state index in [1.165, 1.54) is 21.1 Å². The number of ether oxygens (including phenoxy) is 1. The molecule has 2 heterocycles. The number of imide groups is 1. The average molecular weight is 449 g/mol. The van der Waals surface area contributed by atoms with Crippen molar-refractivity contribution >= 4 is 34.9 Å². The largest absolute Gasteiger partial charge is 0.431 e. The van der Waals surface area contributed by atoms with Crippen LogP contribution in [0.3, 0.4) is 0 Å². The van der Waals surface area contributed by atoms with E-state index >= 15 is 0 Å². The number of hydrogen-bond acceptors (Lipinski definition) is 6. The summed E-state index contributed by atoms with van der Waals surface area (Å²) in [6.07, 6.45) is 1.63. The molecule has 0 aliphatic carbocycles. The van der Waals surface area contributed by atoms with Gasteiger partial charge in [-0.1, -0.05) is 49.2 Å². The molecule has 0 fully saturated rings. The highest BCUT2D eigenvalue weighted by molar-refractivity contribution is 7.99. The number of hydrogen-bond donors (Lipinski definition) is 0. The molecule has 0 radical (unpaired) electrons. The van der Waals surface area contributed by atoms with Crippen LogP contribution in [0.5, 0.6) is 10.9 Å². The third-order valence-corrected chi connectivity index (χ3v) is 6.31. The molecule has 4 rings (SSSR count). The fraction of sp³-hybridized carbons (Fsp3) is 0.208. The van der Waals surface area contributed by atoms with Crippen molar-refractivity contribution in [2.75, 3.05) is 0 Å². The van der Waals surface area contributed by atoms with E-state index in [1.807, 2.05) is 24.3 Å². The smallest absolute Gasteiger partial charge is 0.279 e. The van der Waals surface area contributed by atoms with E-state index < -0.39 is 6.04 Å². The molecule has 1 atom stereocenters. The second kappa shape index (κ2) is 8.96. The van der Waals surface area contributed by atoms with Crippen molar-refractivity contribution in [3.05, 3.63) is 70.7 Å². The fourth-order valence-corrected chi connectivity index (χ4v) is 4.61. The first-order valence-corrected chi connectivity index (χ1v) is 11.5. The van der Waals surface area contributed by atoms with Gasteiger partial charge in [-0.2, -0.15) is 0 Å². The van der Waals surface area contributed by atoms with Crippen molar-refractivity contribution in [2.24, 2.45) is 0 Å². The van der Waals surface area contributed by atoms with Gasteiger partial charge in [0.25, 0.3) is 17.0 Å². The first-order valence-electron chi connectivity index (χ1n) is 9.81. The summed E-state index contributed by atoms with van der Waals surface area (Å²) in [5.41, 5.74) is 0.847. The highest BCUT2D eigenvalue weighted by Gasteiger charge is 2.37. The number of carbonyl (C=O) groups excluding carboxylic acids is 2. The first-order chi connectivity index (χ1) is 14.9. The summed E-state index contributed by atoms with van der Waals surface area (Å²) in [6, 6.07) is 14.2. The van der Waals surface area contributed by atoms with Crippen molar-refractivity contribution in [3.8, 4) is 22.8 Å². The van der Waals surface area contributed by atoms with E-state index in [0.717, 1.165) is 0 Å². The fourth-order valence-electron chi connectivity index (χ4n) is 3.12. The summed E-state index contributed by atoms with van der Waals surface area (Å²) in [5.74, 6) is 6.08. The molecular weight excluding hydrogens is 428 g/mol. The van der Waals surface area contributed by atoms with Crippen LogP contribution in [0.25, 0.3) is 0 Å². The van der Waals surface area contributed by atoms with Crippen LogP contribution in [0.2, 0.25) is 0 Å². The predicted octanol–water partition coefficient (Wildman–Crippen LogP) is 5.47. The highest BCUT2D eigenvalue weighted by Crippen LogP contribution is 2.29. The summed E-state index contributed by atoms with van der Waals surface area (Å²) < 4.78 is 5.81. The molecule has 1 aliphatic heterocycles. The maximum atomic E-state index is 12.6. The van der Waals surface area contributed by atoms with Crippen LogP contribution in [0.4, 0.5) is 0 Å². The maximum Gasteiger partial charge on any atom is 0.279 e. The van der Waals surface area contributed by atoms with Gasteiger partial charge in [0.05, 0.1) is 23.4 Å². The number of amides is 2. The Kier molecular flexibility index (Phi) is 6.12. The van der Waals surface area contributed by atoms with Crippen LogP contribution < -0.4 is 4.74 Å². The zero-order chi connectivity index (χ0) is 22.0. The van der Waals surface area contributed by atoms with E-state index in [1.54, 1.807) is 49.1 Å². The van der Waals surface area contributed by atoms with Crippen LogP contribution in [0.15, 0.2) is 59.6 Å². The summed E-state index contributed by atoms with van der Waals surface area (Å²) in [4.78, 5) is 32.5.